The topological polar surface area (TPSA) is 52.0 Å². The number of likely N-dealkylation sites (N-methyl/N-ethyl adjacent to an activating group) is 1. The lowest BCUT2D eigenvalue weighted by molar-refractivity contribution is 0.599. The van der Waals surface area contributed by atoms with Gasteiger partial charge in [0.15, 0.2) is 0 Å². The van der Waals surface area contributed by atoms with Crippen molar-refractivity contribution in [2.45, 2.75) is 18.9 Å². The van der Waals surface area contributed by atoms with E-state index in [-0.39, 0.29) is 0 Å². The standard InChI is InChI=1S/C12H16N4/c1-16(9-11-3-2-6-14-11)12-5-4-10(7-13)15-8-12/h4-5,8,11,14H,2-3,6,9H2,1H3. The van der Waals surface area contributed by atoms with Crippen LogP contribution in [0, 0.1) is 11.3 Å². The first-order valence-corrected chi connectivity index (χ1v) is 5.60. The predicted octanol–water partition coefficient (Wildman–Crippen LogP) is 1.14. The van der Waals surface area contributed by atoms with E-state index in [9.17, 15) is 0 Å². The van der Waals surface area contributed by atoms with Gasteiger partial charge in [0.25, 0.3) is 0 Å². The molecule has 4 nitrogen and oxygen atoms in total. The number of anilines is 1. The quantitative estimate of drug-likeness (QED) is 0.823. The molecule has 1 unspecified atom stereocenters. The van der Waals surface area contributed by atoms with Crippen molar-refractivity contribution in [3.05, 3.63) is 24.0 Å². The fourth-order valence-corrected chi connectivity index (χ4v) is 2.03. The van der Waals surface area contributed by atoms with Gasteiger partial charge in [-0.25, -0.2) is 4.98 Å². The molecule has 0 amide bonds. The summed E-state index contributed by atoms with van der Waals surface area (Å²) >= 11 is 0. The van der Waals surface area contributed by atoms with Gasteiger partial charge in [-0.1, -0.05) is 0 Å². The van der Waals surface area contributed by atoms with Crippen LogP contribution >= 0.6 is 0 Å². The van der Waals surface area contributed by atoms with E-state index in [1.807, 2.05) is 12.1 Å². The number of pyridine rings is 1. The van der Waals surface area contributed by atoms with Crippen LogP contribution in [-0.2, 0) is 0 Å². The number of rotatable bonds is 3. The summed E-state index contributed by atoms with van der Waals surface area (Å²) in [6, 6.07) is 6.31. The molecule has 2 rings (SSSR count). The van der Waals surface area contributed by atoms with Crippen molar-refractivity contribution in [3.8, 4) is 6.07 Å². The highest BCUT2D eigenvalue weighted by atomic mass is 15.1. The lowest BCUT2D eigenvalue weighted by Crippen LogP contribution is -2.35. The molecule has 84 valence electrons. The fraction of sp³-hybridized carbons (Fsp3) is 0.500. The lowest BCUT2D eigenvalue weighted by Gasteiger charge is -2.22. The van der Waals surface area contributed by atoms with Crippen LogP contribution in [0.2, 0.25) is 0 Å². The summed E-state index contributed by atoms with van der Waals surface area (Å²) < 4.78 is 0. The Morgan fingerprint density at radius 3 is 3.06 bits per heavy atom. The second kappa shape index (κ2) is 4.95. The van der Waals surface area contributed by atoms with Gasteiger partial charge < -0.3 is 10.2 Å². The Bertz CT molecular complexity index is 373. The van der Waals surface area contributed by atoms with E-state index < -0.39 is 0 Å². The van der Waals surface area contributed by atoms with Gasteiger partial charge in [0.05, 0.1) is 11.9 Å². The molecule has 1 aromatic heterocycles. The molecule has 1 N–H and O–H groups in total. The van der Waals surface area contributed by atoms with Crippen LogP contribution < -0.4 is 10.2 Å². The molecule has 0 bridgehead atoms. The van der Waals surface area contributed by atoms with Gasteiger partial charge in [-0.15, -0.1) is 0 Å². The molecule has 1 aliphatic heterocycles. The summed E-state index contributed by atoms with van der Waals surface area (Å²) in [5.74, 6) is 0. The molecular weight excluding hydrogens is 200 g/mol. The zero-order valence-electron chi connectivity index (χ0n) is 9.48. The smallest absolute Gasteiger partial charge is 0.140 e. The number of nitriles is 1. The van der Waals surface area contributed by atoms with Crippen LogP contribution in [0.15, 0.2) is 18.3 Å². The molecule has 4 heteroatoms. The summed E-state index contributed by atoms with van der Waals surface area (Å²) in [7, 11) is 2.06. The second-order valence-corrected chi connectivity index (χ2v) is 4.19. The molecule has 2 heterocycles. The number of aromatic nitrogens is 1. The van der Waals surface area contributed by atoms with E-state index in [0.717, 1.165) is 18.8 Å². The third-order valence-electron chi connectivity index (χ3n) is 2.96. The third-order valence-corrected chi connectivity index (χ3v) is 2.96. The molecule has 0 aliphatic carbocycles. The summed E-state index contributed by atoms with van der Waals surface area (Å²) in [6.07, 6.45) is 4.27. The van der Waals surface area contributed by atoms with Gasteiger partial charge in [0.1, 0.15) is 11.8 Å². The van der Waals surface area contributed by atoms with Crippen molar-refractivity contribution in [1.82, 2.24) is 10.3 Å². The third kappa shape index (κ3) is 2.50. The van der Waals surface area contributed by atoms with Crippen LogP contribution in [-0.4, -0.2) is 31.2 Å². The Hall–Kier alpha value is -1.60. The summed E-state index contributed by atoms with van der Waals surface area (Å²) in [4.78, 5) is 6.25. The zero-order valence-corrected chi connectivity index (χ0v) is 9.48. The Morgan fingerprint density at radius 1 is 1.62 bits per heavy atom. The zero-order chi connectivity index (χ0) is 11.4. The second-order valence-electron chi connectivity index (χ2n) is 4.19. The first-order valence-electron chi connectivity index (χ1n) is 5.60. The van der Waals surface area contributed by atoms with Crippen molar-refractivity contribution in [3.63, 3.8) is 0 Å². The first kappa shape index (κ1) is 10.9. The first-order chi connectivity index (χ1) is 7.79. The van der Waals surface area contributed by atoms with Crippen LogP contribution in [0.25, 0.3) is 0 Å². The van der Waals surface area contributed by atoms with Gasteiger partial charge in [-0.2, -0.15) is 5.26 Å². The van der Waals surface area contributed by atoms with Crippen LogP contribution in [0.5, 0.6) is 0 Å². The minimum absolute atomic E-state index is 0.469. The Labute approximate surface area is 95.9 Å². The molecule has 1 atom stereocenters. The molecule has 0 saturated carbocycles. The molecular formula is C12H16N4. The highest BCUT2D eigenvalue weighted by Gasteiger charge is 2.16. The van der Waals surface area contributed by atoms with E-state index in [1.54, 1.807) is 12.3 Å². The molecule has 0 spiro atoms. The monoisotopic (exact) mass is 216 g/mol. The van der Waals surface area contributed by atoms with E-state index >= 15 is 0 Å². The molecule has 0 radical (unpaired) electrons. The van der Waals surface area contributed by atoms with Gasteiger partial charge in [0.2, 0.25) is 0 Å². The molecule has 1 fully saturated rings. The Balaban J connectivity index is 1.97. The minimum Gasteiger partial charge on any atom is -0.372 e. The van der Waals surface area contributed by atoms with Crippen molar-refractivity contribution >= 4 is 5.69 Å². The normalized spacial score (nSPS) is 19.4. The highest BCUT2D eigenvalue weighted by molar-refractivity contribution is 5.45. The van der Waals surface area contributed by atoms with Gasteiger partial charge in [-0.05, 0) is 31.5 Å². The predicted molar refractivity (Wildman–Crippen MR) is 63.2 cm³/mol. The Morgan fingerprint density at radius 2 is 2.50 bits per heavy atom. The van der Waals surface area contributed by atoms with Gasteiger partial charge in [-0.3, -0.25) is 0 Å². The summed E-state index contributed by atoms with van der Waals surface area (Å²) in [5.41, 5.74) is 1.53. The molecule has 1 aromatic rings. The van der Waals surface area contributed by atoms with Gasteiger partial charge in [0, 0.05) is 19.6 Å². The van der Waals surface area contributed by atoms with Crippen molar-refractivity contribution in [2.24, 2.45) is 0 Å². The number of nitrogens with zero attached hydrogens (tertiary/aromatic N) is 3. The van der Waals surface area contributed by atoms with E-state index in [2.05, 4.69) is 22.2 Å². The summed E-state index contributed by atoms with van der Waals surface area (Å²) in [5, 5.41) is 12.1. The maximum Gasteiger partial charge on any atom is 0.140 e. The summed E-state index contributed by atoms with van der Waals surface area (Å²) in [6.45, 7) is 2.12. The largest absolute Gasteiger partial charge is 0.372 e. The van der Waals surface area contributed by atoms with E-state index in [4.69, 9.17) is 5.26 Å². The Kier molecular flexibility index (Phi) is 3.37. The van der Waals surface area contributed by atoms with Crippen LogP contribution in [0.3, 0.4) is 0 Å². The van der Waals surface area contributed by atoms with Crippen LogP contribution in [0.1, 0.15) is 18.5 Å². The lowest BCUT2D eigenvalue weighted by atomic mass is 10.2. The SMILES string of the molecule is CN(CC1CCCN1)c1ccc(C#N)nc1. The maximum absolute atomic E-state index is 8.66. The minimum atomic E-state index is 0.469. The van der Waals surface area contributed by atoms with E-state index in [0.29, 0.717) is 11.7 Å². The van der Waals surface area contributed by atoms with E-state index in [1.165, 1.54) is 12.8 Å². The maximum atomic E-state index is 8.66. The molecule has 1 saturated heterocycles. The van der Waals surface area contributed by atoms with Crippen molar-refractivity contribution in [2.75, 3.05) is 25.0 Å². The van der Waals surface area contributed by atoms with Crippen LogP contribution in [0.4, 0.5) is 5.69 Å². The van der Waals surface area contributed by atoms with Crippen molar-refractivity contribution in [1.29, 1.82) is 5.26 Å². The molecule has 1 aliphatic rings. The number of hydrogen-bond acceptors (Lipinski definition) is 4. The molecule has 16 heavy (non-hydrogen) atoms. The average Bonchev–Trinajstić information content (AvgIpc) is 2.82. The molecule has 0 aromatic carbocycles. The fourth-order valence-electron chi connectivity index (χ4n) is 2.03. The van der Waals surface area contributed by atoms with Crippen molar-refractivity contribution < 1.29 is 0 Å². The number of nitrogens with one attached hydrogen (secondary N) is 1. The average molecular weight is 216 g/mol. The number of hydrogen-bond donors (Lipinski definition) is 1. The van der Waals surface area contributed by atoms with Gasteiger partial charge >= 0.3 is 0 Å². The highest BCUT2D eigenvalue weighted by Crippen LogP contribution is 2.14.